The molecule has 2 heterocycles. The second-order valence-electron chi connectivity index (χ2n) is 6.84. The molecule has 0 saturated heterocycles. The summed E-state index contributed by atoms with van der Waals surface area (Å²) in [6.07, 6.45) is 3.84. The number of nitrogens with one attached hydrogen (secondary N) is 2. The number of rotatable bonds is 7. The number of aromatic nitrogens is 3. The molecular weight excluding hydrogens is 463 g/mol. The summed E-state index contributed by atoms with van der Waals surface area (Å²) < 4.78 is 2.04. The molecule has 0 fully saturated rings. The maximum Gasteiger partial charge on any atom is 0.190 e. The van der Waals surface area contributed by atoms with E-state index in [4.69, 9.17) is 0 Å². The molecule has 28 heavy (non-hydrogen) atoms. The van der Waals surface area contributed by atoms with Crippen LogP contribution in [0.25, 0.3) is 5.65 Å². The first-order valence-corrected chi connectivity index (χ1v) is 9.47. The van der Waals surface area contributed by atoms with E-state index in [9.17, 15) is 0 Å². The molecule has 0 aliphatic carbocycles. The monoisotopic (exact) mass is 492 g/mol. The lowest BCUT2D eigenvalue weighted by Gasteiger charge is -2.16. The first kappa shape index (κ1) is 22.1. The van der Waals surface area contributed by atoms with Crippen molar-refractivity contribution in [3.8, 4) is 0 Å². The third-order valence-electron chi connectivity index (χ3n) is 4.70. The molecule has 7 heteroatoms. The number of benzene rings is 1. The highest BCUT2D eigenvalue weighted by molar-refractivity contribution is 14.0. The molecule has 150 valence electrons. The van der Waals surface area contributed by atoms with Gasteiger partial charge in [0.05, 0.1) is 0 Å². The van der Waals surface area contributed by atoms with Crippen LogP contribution < -0.4 is 10.6 Å². The van der Waals surface area contributed by atoms with Crippen molar-refractivity contribution in [3.63, 3.8) is 0 Å². The van der Waals surface area contributed by atoms with E-state index in [1.54, 1.807) is 7.05 Å². The molecule has 0 radical (unpaired) electrons. The molecule has 0 spiro atoms. The molecule has 0 aliphatic rings. The smallest absolute Gasteiger partial charge is 0.190 e. The third kappa shape index (κ3) is 5.92. The Kier molecular flexibility index (Phi) is 8.69. The molecule has 2 N–H and O–H groups in total. The standard InChI is InChI=1S/C21H28N6.HI/c1-16-9-11-18(12-10-16)17(2)15-24-21(22-3)23-13-6-8-20-26-25-19-7-4-5-14-27(19)20;/h4-5,7,9-12,14,17H,6,8,13,15H2,1-3H3,(H2,22,23,24);1H. The fraction of sp³-hybridized carbons (Fsp3) is 0.381. The molecule has 0 aliphatic heterocycles. The van der Waals surface area contributed by atoms with E-state index < -0.39 is 0 Å². The van der Waals surface area contributed by atoms with E-state index in [1.165, 1.54) is 11.1 Å². The van der Waals surface area contributed by atoms with Crippen LogP contribution in [0.1, 0.15) is 36.2 Å². The van der Waals surface area contributed by atoms with Gasteiger partial charge in [-0.1, -0.05) is 42.8 Å². The van der Waals surface area contributed by atoms with Crippen LogP contribution in [-0.4, -0.2) is 40.7 Å². The van der Waals surface area contributed by atoms with Crippen LogP contribution in [0.4, 0.5) is 0 Å². The lowest BCUT2D eigenvalue weighted by molar-refractivity contribution is 0.681. The van der Waals surface area contributed by atoms with Crippen molar-refractivity contribution in [1.82, 2.24) is 25.2 Å². The number of fused-ring (bicyclic) bond motifs is 1. The Labute approximate surface area is 183 Å². The molecule has 2 aromatic heterocycles. The van der Waals surface area contributed by atoms with Crippen LogP contribution in [0.5, 0.6) is 0 Å². The summed E-state index contributed by atoms with van der Waals surface area (Å²) in [6, 6.07) is 14.7. The fourth-order valence-electron chi connectivity index (χ4n) is 3.00. The molecule has 0 amide bonds. The van der Waals surface area contributed by atoms with Crippen LogP contribution in [0.2, 0.25) is 0 Å². The quantitative estimate of drug-likeness (QED) is 0.229. The summed E-state index contributed by atoms with van der Waals surface area (Å²) in [5, 5.41) is 15.2. The Morgan fingerprint density at radius 1 is 1.11 bits per heavy atom. The van der Waals surface area contributed by atoms with E-state index in [0.29, 0.717) is 5.92 Å². The van der Waals surface area contributed by atoms with Crippen molar-refractivity contribution >= 4 is 35.6 Å². The Balaban J connectivity index is 0.00000280. The van der Waals surface area contributed by atoms with Gasteiger partial charge in [-0.05, 0) is 37.0 Å². The normalized spacial score (nSPS) is 12.5. The lowest BCUT2D eigenvalue weighted by atomic mass is 10.0. The third-order valence-corrected chi connectivity index (χ3v) is 4.70. The van der Waals surface area contributed by atoms with Crippen molar-refractivity contribution in [2.45, 2.75) is 32.6 Å². The summed E-state index contributed by atoms with van der Waals surface area (Å²) in [6.45, 7) is 6.01. The summed E-state index contributed by atoms with van der Waals surface area (Å²) in [5.41, 5.74) is 3.52. The van der Waals surface area contributed by atoms with Gasteiger partial charge in [0.2, 0.25) is 0 Å². The van der Waals surface area contributed by atoms with Crippen LogP contribution >= 0.6 is 24.0 Å². The summed E-state index contributed by atoms with van der Waals surface area (Å²) in [5.74, 6) is 2.25. The van der Waals surface area contributed by atoms with Crippen LogP contribution in [0.3, 0.4) is 0 Å². The molecule has 6 nitrogen and oxygen atoms in total. The molecule has 0 bridgehead atoms. The van der Waals surface area contributed by atoms with E-state index in [1.807, 2.05) is 28.8 Å². The molecular formula is C21H29IN6. The zero-order valence-electron chi connectivity index (χ0n) is 16.7. The zero-order valence-corrected chi connectivity index (χ0v) is 19.1. The lowest BCUT2D eigenvalue weighted by Crippen LogP contribution is -2.39. The minimum absolute atomic E-state index is 0. The van der Waals surface area contributed by atoms with Gasteiger partial charge in [0.25, 0.3) is 0 Å². The van der Waals surface area contributed by atoms with Crippen molar-refractivity contribution in [3.05, 3.63) is 65.6 Å². The van der Waals surface area contributed by atoms with E-state index in [0.717, 1.165) is 43.4 Å². The number of halogens is 1. The van der Waals surface area contributed by atoms with Gasteiger partial charge in [-0.25, -0.2) is 0 Å². The Bertz CT molecular complexity index is 887. The second-order valence-corrected chi connectivity index (χ2v) is 6.84. The van der Waals surface area contributed by atoms with Crippen LogP contribution in [0.15, 0.2) is 53.7 Å². The van der Waals surface area contributed by atoms with Gasteiger partial charge in [-0.15, -0.1) is 34.2 Å². The van der Waals surface area contributed by atoms with E-state index in [-0.39, 0.29) is 24.0 Å². The predicted octanol–water partition coefficient (Wildman–Crippen LogP) is 3.56. The van der Waals surface area contributed by atoms with Crippen molar-refractivity contribution in [2.75, 3.05) is 20.1 Å². The summed E-state index contributed by atoms with van der Waals surface area (Å²) >= 11 is 0. The Morgan fingerprint density at radius 3 is 2.64 bits per heavy atom. The molecule has 0 saturated carbocycles. The summed E-state index contributed by atoms with van der Waals surface area (Å²) in [4.78, 5) is 4.31. The van der Waals surface area contributed by atoms with Crippen molar-refractivity contribution in [1.29, 1.82) is 0 Å². The largest absolute Gasteiger partial charge is 0.356 e. The highest BCUT2D eigenvalue weighted by atomic mass is 127. The number of hydrogen-bond donors (Lipinski definition) is 2. The molecule has 1 atom stereocenters. The van der Waals surface area contributed by atoms with Crippen molar-refractivity contribution in [2.24, 2.45) is 4.99 Å². The first-order chi connectivity index (χ1) is 13.2. The van der Waals surface area contributed by atoms with Gasteiger partial charge < -0.3 is 10.6 Å². The average Bonchev–Trinajstić information content (AvgIpc) is 3.11. The van der Waals surface area contributed by atoms with Gasteiger partial charge in [0.15, 0.2) is 11.6 Å². The van der Waals surface area contributed by atoms with Gasteiger partial charge in [-0.3, -0.25) is 9.39 Å². The highest BCUT2D eigenvalue weighted by Crippen LogP contribution is 2.14. The number of aliphatic imine (C=N–C) groups is 1. The molecule has 1 unspecified atom stereocenters. The SMILES string of the molecule is CN=C(NCCCc1nnc2ccccn12)NCC(C)c1ccc(C)cc1.I. The Morgan fingerprint density at radius 2 is 1.89 bits per heavy atom. The molecule has 3 rings (SSSR count). The minimum atomic E-state index is 0. The average molecular weight is 492 g/mol. The second kappa shape index (κ2) is 11.0. The van der Waals surface area contributed by atoms with E-state index in [2.05, 4.69) is 63.9 Å². The van der Waals surface area contributed by atoms with Gasteiger partial charge >= 0.3 is 0 Å². The molecule has 1 aromatic carbocycles. The number of nitrogens with zero attached hydrogens (tertiary/aromatic N) is 4. The number of aryl methyl sites for hydroxylation is 2. The minimum Gasteiger partial charge on any atom is -0.356 e. The summed E-state index contributed by atoms with van der Waals surface area (Å²) in [7, 11) is 1.80. The maximum atomic E-state index is 4.31. The number of hydrogen-bond acceptors (Lipinski definition) is 3. The predicted molar refractivity (Wildman–Crippen MR) is 126 cm³/mol. The number of pyridine rings is 1. The highest BCUT2D eigenvalue weighted by Gasteiger charge is 2.07. The van der Waals surface area contributed by atoms with Gasteiger partial charge in [0, 0.05) is 32.8 Å². The van der Waals surface area contributed by atoms with Gasteiger partial charge in [-0.2, -0.15) is 0 Å². The van der Waals surface area contributed by atoms with Crippen molar-refractivity contribution < 1.29 is 0 Å². The van der Waals surface area contributed by atoms with Gasteiger partial charge in [0.1, 0.15) is 5.82 Å². The fourth-order valence-corrected chi connectivity index (χ4v) is 3.00. The van der Waals surface area contributed by atoms with E-state index >= 15 is 0 Å². The Hall–Kier alpha value is -2.16. The first-order valence-electron chi connectivity index (χ1n) is 9.47. The maximum absolute atomic E-state index is 4.31. The number of guanidine groups is 1. The topological polar surface area (TPSA) is 66.6 Å². The zero-order chi connectivity index (χ0) is 19.1. The van der Waals surface area contributed by atoms with Crippen LogP contribution in [-0.2, 0) is 6.42 Å². The molecule has 3 aromatic rings. The van der Waals surface area contributed by atoms with Crippen LogP contribution in [0, 0.1) is 6.92 Å².